The van der Waals surface area contributed by atoms with Crippen molar-refractivity contribution in [3.05, 3.63) is 11.6 Å². The lowest BCUT2D eigenvalue weighted by Crippen LogP contribution is -2.46. The summed E-state index contributed by atoms with van der Waals surface area (Å²) in [5.41, 5.74) is 0.00989. The molecule has 1 aromatic heterocycles. The normalized spacial score (nSPS) is 17.7. The average Bonchev–Trinajstić information content (AvgIpc) is 2.85. The molecule has 0 radical (unpaired) electrons. The fourth-order valence-corrected chi connectivity index (χ4v) is 2.98. The van der Waals surface area contributed by atoms with Gasteiger partial charge in [0, 0.05) is 26.2 Å². The first-order chi connectivity index (χ1) is 10.8. The molecule has 2 heterocycles. The number of nitrogens with one attached hydrogen (secondary N) is 1. The van der Waals surface area contributed by atoms with Crippen molar-refractivity contribution < 1.29 is 9.90 Å². The summed E-state index contributed by atoms with van der Waals surface area (Å²) in [5, 5.41) is 20.5. The number of carbonyl (C=O) groups is 1. The van der Waals surface area contributed by atoms with E-state index in [1.54, 1.807) is 4.90 Å². The van der Waals surface area contributed by atoms with E-state index in [2.05, 4.69) is 40.9 Å². The van der Waals surface area contributed by atoms with Crippen molar-refractivity contribution >= 4 is 6.03 Å². The molecule has 0 fully saturated rings. The predicted molar refractivity (Wildman–Crippen MR) is 88.0 cm³/mol. The largest absolute Gasteiger partial charge is 0.396 e. The third kappa shape index (κ3) is 4.67. The van der Waals surface area contributed by atoms with Crippen LogP contribution in [0.25, 0.3) is 0 Å². The number of aliphatic hydroxyl groups excluding tert-OH is 1. The Labute approximate surface area is 138 Å². The van der Waals surface area contributed by atoms with Crippen molar-refractivity contribution in [2.24, 2.45) is 5.41 Å². The molecule has 1 aliphatic heterocycles. The van der Waals surface area contributed by atoms with Crippen molar-refractivity contribution in [3.63, 3.8) is 0 Å². The standard InChI is InChI=1S/C16H29N5O2/c1-12-18-19-14-13(7-5-9-21(12)14)17-15(23)20(8-6-10-22)11-16(2,3)4/h13,22H,5-11H2,1-4H3,(H,17,23). The lowest BCUT2D eigenvalue weighted by molar-refractivity contribution is 0.159. The third-order valence-electron chi connectivity index (χ3n) is 3.99. The minimum Gasteiger partial charge on any atom is -0.396 e. The van der Waals surface area contributed by atoms with E-state index < -0.39 is 0 Å². The summed E-state index contributed by atoms with van der Waals surface area (Å²) >= 11 is 0. The Morgan fingerprint density at radius 1 is 1.43 bits per heavy atom. The van der Waals surface area contributed by atoms with Gasteiger partial charge in [-0.2, -0.15) is 0 Å². The van der Waals surface area contributed by atoms with Gasteiger partial charge in [-0.25, -0.2) is 4.79 Å². The van der Waals surface area contributed by atoms with Crippen LogP contribution in [0, 0.1) is 12.3 Å². The highest BCUT2D eigenvalue weighted by atomic mass is 16.3. The molecule has 23 heavy (non-hydrogen) atoms. The van der Waals surface area contributed by atoms with Crippen LogP contribution in [0.2, 0.25) is 0 Å². The Kier molecular flexibility index (Phi) is 5.62. The first-order valence-corrected chi connectivity index (χ1v) is 8.38. The highest BCUT2D eigenvalue weighted by molar-refractivity contribution is 5.74. The number of amides is 2. The molecule has 2 N–H and O–H groups in total. The zero-order valence-electron chi connectivity index (χ0n) is 14.7. The van der Waals surface area contributed by atoms with Crippen LogP contribution in [-0.4, -0.2) is 50.5 Å². The molecule has 1 atom stereocenters. The van der Waals surface area contributed by atoms with Crippen LogP contribution in [0.4, 0.5) is 4.79 Å². The maximum Gasteiger partial charge on any atom is 0.318 e. The molecule has 0 spiro atoms. The van der Waals surface area contributed by atoms with Crippen molar-refractivity contribution in [2.45, 2.75) is 59.5 Å². The van der Waals surface area contributed by atoms with Gasteiger partial charge in [-0.1, -0.05) is 20.8 Å². The molecular formula is C16H29N5O2. The zero-order valence-corrected chi connectivity index (χ0v) is 14.7. The van der Waals surface area contributed by atoms with E-state index in [1.165, 1.54) is 0 Å². The Hall–Kier alpha value is -1.63. The molecule has 130 valence electrons. The lowest BCUT2D eigenvalue weighted by atomic mass is 9.96. The minimum absolute atomic E-state index is 0.00989. The van der Waals surface area contributed by atoms with Gasteiger partial charge in [-0.15, -0.1) is 10.2 Å². The van der Waals surface area contributed by atoms with Crippen LogP contribution < -0.4 is 5.32 Å². The molecule has 2 amide bonds. The fourth-order valence-electron chi connectivity index (χ4n) is 2.98. The van der Waals surface area contributed by atoms with Gasteiger partial charge in [0.2, 0.25) is 0 Å². The van der Waals surface area contributed by atoms with Crippen LogP contribution in [0.15, 0.2) is 0 Å². The number of fused-ring (bicyclic) bond motifs is 1. The topological polar surface area (TPSA) is 83.3 Å². The molecular weight excluding hydrogens is 294 g/mol. The van der Waals surface area contributed by atoms with Crippen LogP contribution in [0.3, 0.4) is 0 Å². The molecule has 0 saturated heterocycles. The number of hydrogen-bond acceptors (Lipinski definition) is 4. The lowest BCUT2D eigenvalue weighted by Gasteiger charge is -2.32. The summed E-state index contributed by atoms with van der Waals surface area (Å²) in [5.74, 6) is 1.74. The van der Waals surface area contributed by atoms with E-state index in [-0.39, 0.29) is 24.1 Å². The van der Waals surface area contributed by atoms with Gasteiger partial charge in [0.05, 0.1) is 6.04 Å². The van der Waals surface area contributed by atoms with Crippen LogP contribution in [0.5, 0.6) is 0 Å². The molecule has 1 aromatic rings. The van der Waals surface area contributed by atoms with Crippen LogP contribution in [-0.2, 0) is 6.54 Å². The second-order valence-corrected chi connectivity index (χ2v) is 7.46. The molecule has 0 aromatic carbocycles. The van der Waals surface area contributed by atoms with Gasteiger partial charge in [-0.05, 0) is 31.6 Å². The van der Waals surface area contributed by atoms with Gasteiger partial charge in [-0.3, -0.25) is 0 Å². The highest BCUT2D eigenvalue weighted by Crippen LogP contribution is 2.24. The molecule has 1 aliphatic rings. The summed E-state index contributed by atoms with van der Waals surface area (Å²) in [6.07, 6.45) is 2.48. The second kappa shape index (κ2) is 7.29. The molecule has 7 nitrogen and oxygen atoms in total. The van der Waals surface area contributed by atoms with Crippen molar-refractivity contribution in [3.8, 4) is 0 Å². The maximum absolute atomic E-state index is 12.7. The first kappa shape index (κ1) is 17.7. The number of aliphatic hydroxyl groups is 1. The zero-order chi connectivity index (χ0) is 17.0. The maximum atomic E-state index is 12.7. The van der Waals surface area contributed by atoms with Crippen molar-refractivity contribution in [1.29, 1.82) is 0 Å². The van der Waals surface area contributed by atoms with E-state index in [9.17, 15) is 4.79 Å². The van der Waals surface area contributed by atoms with Gasteiger partial charge >= 0.3 is 6.03 Å². The number of rotatable bonds is 5. The number of aromatic nitrogens is 3. The summed E-state index contributed by atoms with van der Waals surface area (Å²) < 4.78 is 2.08. The van der Waals surface area contributed by atoms with Gasteiger partial charge in [0.25, 0.3) is 0 Å². The second-order valence-electron chi connectivity index (χ2n) is 7.46. The molecule has 0 aliphatic carbocycles. The monoisotopic (exact) mass is 323 g/mol. The number of hydrogen-bond donors (Lipinski definition) is 2. The molecule has 2 rings (SSSR count). The number of urea groups is 1. The number of aryl methyl sites for hydroxylation is 1. The van der Waals surface area contributed by atoms with E-state index in [4.69, 9.17) is 5.11 Å². The molecule has 1 unspecified atom stereocenters. The Balaban J connectivity index is 2.06. The van der Waals surface area contributed by atoms with E-state index in [0.717, 1.165) is 31.0 Å². The Morgan fingerprint density at radius 2 is 2.17 bits per heavy atom. The van der Waals surface area contributed by atoms with Crippen molar-refractivity contribution in [2.75, 3.05) is 19.7 Å². The molecule has 7 heteroatoms. The van der Waals surface area contributed by atoms with Gasteiger partial charge in [0.15, 0.2) is 5.82 Å². The summed E-state index contributed by atoms with van der Waals surface area (Å²) in [6.45, 7) is 10.5. The fraction of sp³-hybridized carbons (Fsp3) is 0.812. The quantitative estimate of drug-likeness (QED) is 0.866. The van der Waals surface area contributed by atoms with Crippen molar-refractivity contribution in [1.82, 2.24) is 25.0 Å². The summed E-state index contributed by atoms with van der Waals surface area (Å²) in [7, 11) is 0. The van der Waals surface area contributed by atoms with Gasteiger partial charge in [0.1, 0.15) is 5.82 Å². The number of nitrogens with zero attached hydrogens (tertiary/aromatic N) is 4. The molecule has 0 bridgehead atoms. The Bertz CT molecular complexity index is 535. The average molecular weight is 323 g/mol. The number of carbonyl (C=O) groups excluding carboxylic acids is 1. The highest BCUT2D eigenvalue weighted by Gasteiger charge is 2.28. The summed E-state index contributed by atoms with van der Waals surface area (Å²) in [4.78, 5) is 14.5. The third-order valence-corrected chi connectivity index (χ3v) is 3.99. The van der Waals surface area contributed by atoms with Crippen LogP contribution >= 0.6 is 0 Å². The summed E-state index contributed by atoms with van der Waals surface area (Å²) in [6, 6.07) is -0.179. The van der Waals surface area contributed by atoms with Crippen LogP contribution in [0.1, 0.15) is 57.7 Å². The first-order valence-electron chi connectivity index (χ1n) is 8.38. The van der Waals surface area contributed by atoms with Gasteiger partial charge < -0.3 is 19.9 Å². The molecule has 0 saturated carbocycles. The predicted octanol–water partition coefficient (Wildman–Crippen LogP) is 1.86. The smallest absolute Gasteiger partial charge is 0.318 e. The van der Waals surface area contributed by atoms with E-state index >= 15 is 0 Å². The Morgan fingerprint density at radius 3 is 2.83 bits per heavy atom. The SMILES string of the molecule is Cc1nnc2n1CCCC2NC(=O)N(CCCO)CC(C)(C)C. The van der Waals surface area contributed by atoms with E-state index in [1.807, 2.05) is 6.92 Å². The van der Waals surface area contributed by atoms with E-state index in [0.29, 0.717) is 19.5 Å². The minimum atomic E-state index is -0.0903.